The quantitative estimate of drug-likeness (QED) is 0.805. The Bertz CT molecular complexity index is 600. The van der Waals surface area contributed by atoms with Gasteiger partial charge in [0.25, 0.3) is 0 Å². The van der Waals surface area contributed by atoms with Gasteiger partial charge in [-0.1, -0.05) is 24.6 Å². The molecule has 0 atom stereocenters. The average Bonchev–Trinajstić information content (AvgIpc) is 2.27. The van der Waals surface area contributed by atoms with Crippen LogP contribution in [0.5, 0.6) is 0 Å². The van der Waals surface area contributed by atoms with E-state index in [1.54, 1.807) is 18.2 Å². The minimum atomic E-state index is -3.27. The Balaban J connectivity index is 2.82. The molecule has 0 aliphatic heterocycles. The number of likely N-dealkylation sites (N-methyl/N-ethyl adjacent to an activating group) is 1. The van der Waals surface area contributed by atoms with Gasteiger partial charge in [0.1, 0.15) is 0 Å². The van der Waals surface area contributed by atoms with Crippen molar-refractivity contribution in [3.8, 4) is 12.3 Å². The van der Waals surface area contributed by atoms with Crippen LogP contribution in [-0.4, -0.2) is 39.7 Å². The molecule has 0 spiro atoms. The van der Waals surface area contributed by atoms with E-state index >= 15 is 0 Å². The van der Waals surface area contributed by atoms with Crippen LogP contribution < -0.4 is 4.72 Å². The molecule has 0 saturated heterocycles. The second-order valence-electron chi connectivity index (χ2n) is 4.43. The van der Waals surface area contributed by atoms with E-state index in [4.69, 9.17) is 6.42 Å². The molecular formula is C14H18N2O2S. The molecule has 0 amide bonds. The zero-order valence-corrected chi connectivity index (χ0v) is 12.0. The van der Waals surface area contributed by atoms with Crippen molar-refractivity contribution in [1.82, 2.24) is 4.90 Å². The lowest BCUT2D eigenvalue weighted by molar-refractivity contribution is 0.425. The smallest absolute Gasteiger partial charge is 0.229 e. The monoisotopic (exact) mass is 278 g/mol. The fourth-order valence-corrected chi connectivity index (χ4v) is 2.20. The Hall–Kier alpha value is -1.77. The lowest BCUT2D eigenvalue weighted by Crippen LogP contribution is -2.20. The number of anilines is 1. The lowest BCUT2D eigenvalue weighted by atomic mass is 10.1. The summed E-state index contributed by atoms with van der Waals surface area (Å²) in [7, 11) is -1.36. The van der Waals surface area contributed by atoms with Gasteiger partial charge in [0, 0.05) is 12.2 Å². The zero-order valence-electron chi connectivity index (χ0n) is 11.2. The van der Waals surface area contributed by atoms with Crippen molar-refractivity contribution in [3.05, 3.63) is 36.4 Å². The molecule has 0 bridgehead atoms. The van der Waals surface area contributed by atoms with Crippen LogP contribution >= 0.6 is 0 Å². The molecule has 19 heavy (non-hydrogen) atoms. The summed E-state index contributed by atoms with van der Waals surface area (Å²) in [6.45, 7) is 5.17. The van der Waals surface area contributed by atoms with Gasteiger partial charge in [0.05, 0.1) is 12.8 Å². The molecule has 5 heteroatoms. The summed E-state index contributed by atoms with van der Waals surface area (Å²) < 4.78 is 24.8. The highest BCUT2D eigenvalue weighted by Gasteiger charge is 2.06. The van der Waals surface area contributed by atoms with E-state index in [2.05, 4.69) is 17.2 Å². The summed E-state index contributed by atoms with van der Waals surface area (Å²) in [4.78, 5) is 1.96. The van der Waals surface area contributed by atoms with Crippen LogP contribution in [0.3, 0.4) is 0 Å². The minimum absolute atomic E-state index is 0.528. The molecule has 0 heterocycles. The molecule has 0 unspecified atom stereocenters. The second kappa shape index (κ2) is 6.41. The molecule has 0 aliphatic carbocycles. The maximum atomic E-state index is 11.2. The van der Waals surface area contributed by atoms with E-state index < -0.39 is 10.0 Å². The number of rotatable bonds is 6. The van der Waals surface area contributed by atoms with E-state index in [1.165, 1.54) is 0 Å². The molecule has 1 aromatic rings. The van der Waals surface area contributed by atoms with Crippen LogP contribution in [-0.2, 0) is 10.0 Å². The van der Waals surface area contributed by atoms with E-state index in [9.17, 15) is 8.42 Å². The highest BCUT2D eigenvalue weighted by molar-refractivity contribution is 7.92. The van der Waals surface area contributed by atoms with Crippen molar-refractivity contribution in [2.75, 3.05) is 31.1 Å². The molecule has 0 aliphatic rings. The van der Waals surface area contributed by atoms with Crippen molar-refractivity contribution in [2.45, 2.75) is 0 Å². The van der Waals surface area contributed by atoms with Crippen molar-refractivity contribution >= 4 is 21.3 Å². The number of nitrogens with zero attached hydrogens (tertiary/aromatic N) is 1. The number of benzene rings is 1. The lowest BCUT2D eigenvalue weighted by Gasteiger charge is -2.16. The summed E-state index contributed by atoms with van der Waals surface area (Å²) in [6.07, 6.45) is 6.36. The molecule has 0 fully saturated rings. The number of hydrogen-bond acceptors (Lipinski definition) is 3. The van der Waals surface area contributed by atoms with E-state index in [0.29, 0.717) is 18.8 Å². The van der Waals surface area contributed by atoms with E-state index in [1.807, 2.05) is 18.0 Å². The van der Waals surface area contributed by atoms with Crippen LogP contribution in [0.1, 0.15) is 5.56 Å². The third-order valence-corrected chi connectivity index (χ3v) is 3.00. The van der Waals surface area contributed by atoms with Gasteiger partial charge in [-0.25, -0.2) is 8.42 Å². The summed E-state index contributed by atoms with van der Waals surface area (Å²) in [5, 5.41) is 0. The van der Waals surface area contributed by atoms with Gasteiger partial charge < -0.3 is 0 Å². The molecule has 0 radical (unpaired) electrons. The fraction of sp³-hybridized carbons (Fsp3) is 0.286. The number of nitrogens with one attached hydrogen (secondary N) is 1. The van der Waals surface area contributed by atoms with E-state index in [-0.39, 0.29) is 0 Å². The SMILES string of the molecule is C#CCN(C)CC(=C)c1cccc(NS(C)(=O)=O)c1. The van der Waals surface area contributed by atoms with Crippen molar-refractivity contribution in [3.63, 3.8) is 0 Å². The van der Waals surface area contributed by atoms with Gasteiger partial charge >= 0.3 is 0 Å². The summed E-state index contributed by atoms with van der Waals surface area (Å²) in [6, 6.07) is 7.13. The van der Waals surface area contributed by atoms with Crippen molar-refractivity contribution in [2.24, 2.45) is 0 Å². The van der Waals surface area contributed by atoms with Crippen LogP contribution in [0.25, 0.3) is 5.57 Å². The van der Waals surface area contributed by atoms with Crippen molar-refractivity contribution < 1.29 is 8.42 Å². The maximum Gasteiger partial charge on any atom is 0.229 e. The van der Waals surface area contributed by atoms with E-state index in [0.717, 1.165) is 17.4 Å². The molecule has 102 valence electrons. The Morgan fingerprint density at radius 2 is 2.21 bits per heavy atom. The number of hydrogen-bond donors (Lipinski definition) is 1. The minimum Gasteiger partial charge on any atom is -0.291 e. The molecule has 1 N–H and O–H groups in total. The first-order valence-electron chi connectivity index (χ1n) is 5.70. The third kappa shape index (κ3) is 5.60. The van der Waals surface area contributed by atoms with Gasteiger partial charge in [-0.05, 0) is 30.3 Å². The standard InChI is InChI=1S/C14H18N2O2S/c1-5-9-16(3)11-12(2)13-7-6-8-14(10-13)15-19(4,17)18/h1,6-8,10,15H,2,9,11H2,3-4H3. The predicted octanol–water partition coefficient (Wildman–Crippen LogP) is 1.64. The third-order valence-electron chi connectivity index (χ3n) is 2.40. The topological polar surface area (TPSA) is 49.4 Å². The Morgan fingerprint density at radius 1 is 1.53 bits per heavy atom. The molecule has 1 aromatic carbocycles. The highest BCUT2D eigenvalue weighted by atomic mass is 32.2. The first kappa shape index (κ1) is 15.3. The first-order valence-corrected chi connectivity index (χ1v) is 7.59. The molecule has 0 aromatic heterocycles. The van der Waals surface area contributed by atoms with Crippen LogP contribution in [0, 0.1) is 12.3 Å². The van der Waals surface area contributed by atoms with Crippen LogP contribution in [0.4, 0.5) is 5.69 Å². The second-order valence-corrected chi connectivity index (χ2v) is 6.18. The summed E-state index contributed by atoms with van der Waals surface area (Å²) in [5.74, 6) is 2.56. The molecule has 1 rings (SSSR count). The molecular weight excluding hydrogens is 260 g/mol. The Kier molecular flexibility index (Phi) is 5.16. The summed E-state index contributed by atoms with van der Waals surface area (Å²) >= 11 is 0. The average molecular weight is 278 g/mol. The first-order chi connectivity index (χ1) is 8.81. The van der Waals surface area contributed by atoms with Crippen molar-refractivity contribution in [1.29, 1.82) is 0 Å². The van der Waals surface area contributed by atoms with Gasteiger partial charge in [0.15, 0.2) is 0 Å². The number of sulfonamides is 1. The molecule has 0 saturated carbocycles. The fourth-order valence-electron chi connectivity index (χ4n) is 1.65. The number of terminal acetylenes is 1. The Morgan fingerprint density at radius 3 is 2.79 bits per heavy atom. The van der Waals surface area contributed by atoms with Gasteiger partial charge in [-0.3, -0.25) is 9.62 Å². The van der Waals surface area contributed by atoms with Gasteiger partial charge in [0.2, 0.25) is 10.0 Å². The largest absolute Gasteiger partial charge is 0.291 e. The van der Waals surface area contributed by atoms with Gasteiger partial charge in [-0.15, -0.1) is 6.42 Å². The molecule has 4 nitrogen and oxygen atoms in total. The normalized spacial score (nSPS) is 11.1. The van der Waals surface area contributed by atoms with Crippen LogP contribution in [0.2, 0.25) is 0 Å². The zero-order chi connectivity index (χ0) is 14.5. The van der Waals surface area contributed by atoms with Crippen LogP contribution in [0.15, 0.2) is 30.8 Å². The summed E-state index contributed by atoms with van der Waals surface area (Å²) in [5.41, 5.74) is 2.30. The Labute approximate surface area is 115 Å². The predicted molar refractivity (Wildman–Crippen MR) is 80.3 cm³/mol. The maximum absolute atomic E-state index is 11.2. The highest BCUT2D eigenvalue weighted by Crippen LogP contribution is 2.18. The van der Waals surface area contributed by atoms with Gasteiger partial charge in [-0.2, -0.15) is 0 Å².